The zero-order valence-electron chi connectivity index (χ0n) is 39.6. The van der Waals surface area contributed by atoms with Crippen LogP contribution in [0.5, 0.6) is 0 Å². The summed E-state index contributed by atoms with van der Waals surface area (Å²) in [5.74, 6) is 0.934. The van der Waals surface area contributed by atoms with Gasteiger partial charge < -0.3 is 9.55 Å². The monoisotopic (exact) mass is 960 g/mol. The predicted molar refractivity (Wildman–Crippen MR) is 245 cm³/mol. The summed E-state index contributed by atoms with van der Waals surface area (Å²) >= 11 is 0. The molecule has 0 unspecified atom stereocenters. The van der Waals surface area contributed by atoms with E-state index in [1.165, 1.54) is 39.7 Å². The van der Waals surface area contributed by atoms with E-state index >= 15 is 0 Å². The molecule has 9 aromatic rings. The minimum Gasteiger partial charge on any atom is -0.333 e. The molecule has 297 valence electrons. The molecule has 0 aliphatic heterocycles. The minimum absolute atomic E-state index is 0. The Kier molecular flexibility index (Phi) is 10.1. The number of aryl methyl sites for hydroxylation is 8. The molecular formula is C56H47IrN3-2. The largest absolute Gasteiger partial charge is 0.333 e. The zero-order valence-corrected chi connectivity index (χ0v) is 36.0. The molecule has 2 heterocycles. The van der Waals surface area contributed by atoms with Crippen molar-refractivity contribution in [2.24, 2.45) is 0 Å². The van der Waals surface area contributed by atoms with Gasteiger partial charge in [0.25, 0.3) is 0 Å². The van der Waals surface area contributed by atoms with E-state index in [-0.39, 0.29) is 31.2 Å². The molecule has 0 atom stereocenters. The van der Waals surface area contributed by atoms with Gasteiger partial charge in [-0.15, -0.1) is 71.8 Å². The van der Waals surface area contributed by atoms with Gasteiger partial charge in [0.2, 0.25) is 0 Å². The van der Waals surface area contributed by atoms with Crippen molar-refractivity contribution in [3.05, 3.63) is 221 Å². The first-order chi connectivity index (χ1) is 31.3. The third kappa shape index (κ3) is 8.45. The van der Waals surface area contributed by atoms with E-state index in [1.54, 1.807) is 24.3 Å². The van der Waals surface area contributed by atoms with Crippen LogP contribution in [0.25, 0.3) is 61.6 Å². The molecule has 0 N–H and O–H groups in total. The van der Waals surface area contributed by atoms with Gasteiger partial charge in [-0.3, -0.25) is 4.98 Å². The summed E-state index contributed by atoms with van der Waals surface area (Å²) in [6.45, 7) is -0.652. The Labute approximate surface area is 376 Å². The van der Waals surface area contributed by atoms with Crippen molar-refractivity contribution < 1.29 is 28.3 Å². The van der Waals surface area contributed by atoms with Crippen LogP contribution in [0.3, 0.4) is 0 Å². The van der Waals surface area contributed by atoms with E-state index < -0.39 is 13.7 Å². The number of fused-ring (bicyclic) bond motifs is 1. The van der Waals surface area contributed by atoms with Crippen molar-refractivity contribution >= 4 is 11.0 Å². The fraction of sp³-hybridized carbons (Fsp3) is 0.143. The van der Waals surface area contributed by atoms with Crippen LogP contribution in [0.1, 0.15) is 52.7 Å². The van der Waals surface area contributed by atoms with E-state index in [0.717, 1.165) is 64.8 Å². The van der Waals surface area contributed by atoms with E-state index in [9.17, 15) is 0 Å². The molecule has 0 amide bonds. The molecule has 4 aliphatic carbocycles. The number of hydrogen-bond donors (Lipinski definition) is 0. The van der Waals surface area contributed by atoms with E-state index in [1.807, 2.05) is 48.5 Å². The average molecular weight is 960 g/mol. The van der Waals surface area contributed by atoms with Gasteiger partial charge in [0, 0.05) is 40.2 Å². The summed E-state index contributed by atoms with van der Waals surface area (Å²) < 4.78 is 52.2. The number of pyridine rings is 1. The fourth-order valence-electron chi connectivity index (χ4n) is 8.15. The number of aromatic nitrogens is 3. The smallest absolute Gasteiger partial charge is 0.0774 e. The molecule has 2 aromatic heterocycles. The summed E-state index contributed by atoms with van der Waals surface area (Å²) in [5, 5.41) is 0. The van der Waals surface area contributed by atoms with Crippen LogP contribution >= 0.6 is 0 Å². The van der Waals surface area contributed by atoms with E-state index in [0.29, 0.717) is 22.4 Å². The SMILES string of the molecule is Cc1cccc(C)c1-n1c(-c2[c-]cccc2)nc2ccccc21.[2H]C([2H])([2H])c1cnc(-c2[c-]cccc2)cc1-c1ccc(-c2cc3ccc2CCc2ccc(cc2)CC3)cc1C([2H])([2H])[2H].[Ir]. The van der Waals surface area contributed by atoms with Gasteiger partial charge in [0.05, 0.1) is 16.9 Å². The van der Waals surface area contributed by atoms with Crippen molar-refractivity contribution in [2.75, 3.05) is 0 Å². The number of para-hydroxylation sites is 3. The molecule has 1 radical (unpaired) electrons. The zero-order chi connectivity index (χ0) is 45.3. The molecule has 0 saturated heterocycles. The topological polar surface area (TPSA) is 30.7 Å². The third-order valence-corrected chi connectivity index (χ3v) is 11.3. The van der Waals surface area contributed by atoms with Gasteiger partial charge in [-0.25, -0.2) is 0 Å². The van der Waals surface area contributed by atoms with Crippen LogP contribution in [0.15, 0.2) is 164 Å². The Morgan fingerprint density at radius 2 is 1.22 bits per heavy atom. The Hall–Kier alpha value is -6.19. The summed E-state index contributed by atoms with van der Waals surface area (Å²) in [4.78, 5) is 9.28. The van der Waals surface area contributed by atoms with Crippen LogP contribution in [-0.2, 0) is 45.8 Å². The van der Waals surface area contributed by atoms with Crippen molar-refractivity contribution in [3.8, 4) is 50.6 Å². The van der Waals surface area contributed by atoms with Crippen molar-refractivity contribution in [1.29, 1.82) is 0 Å². The second-order valence-corrected chi connectivity index (χ2v) is 15.2. The van der Waals surface area contributed by atoms with Crippen LogP contribution in [0, 0.1) is 39.7 Å². The maximum absolute atomic E-state index is 8.48. The van der Waals surface area contributed by atoms with Gasteiger partial charge in [0.15, 0.2) is 0 Å². The molecule has 0 spiro atoms. The summed E-state index contributed by atoms with van der Waals surface area (Å²) in [7, 11) is 0. The molecule has 13 rings (SSSR count). The summed E-state index contributed by atoms with van der Waals surface area (Å²) in [6.07, 6.45) is 4.86. The predicted octanol–water partition coefficient (Wildman–Crippen LogP) is 13.5. The maximum Gasteiger partial charge on any atom is 0.0774 e. The molecular weight excluding hydrogens is 907 g/mol. The first kappa shape index (κ1) is 33.6. The number of rotatable bonds is 5. The Bertz CT molecular complexity index is 3120. The molecule has 3 nitrogen and oxygen atoms in total. The first-order valence-corrected chi connectivity index (χ1v) is 20.2. The van der Waals surface area contributed by atoms with Gasteiger partial charge in [-0.1, -0.05) is 97.1 Å². The fourth-order valence-corrected chi connectivity index (χ4v) is 8.15. The van der Waals surface area contributed by atoms with Crippen molar-refractivity contribution in [1.82, 2.24) is 14.5 Å². The van der Waals surface area contributed by atoms with Gasteiger partial charge in [0.1, 0.15) is 0 Å². The Balaban J connectivity index is 0.000000208. The maximum atomic E-state index is 8.48. The third-order valence-electron chi connectivity index (χ3n) is 11.3. The van der Waals surface area contributed by atoms with E-state index in [4.69, 9.17) is 13.2 Å². The molecule has 4 heteroatoms. The molecule has 0 saturated carbocycles. The average Bonchev–Trinajstić information content (AvgIpc) is 3.69. The first-order valence-electron chi connectivity index (χ1n) is 23.2. The van der Waals surface area contributed by atoms with Gasteiger partial charge in [-0.05, 0) is 138 Å². The number of nitrogens with zero attached hydrogens (tertiary/aromatic N) is 3. The Morgan fingerprint density at radius 1 is 0.550 bits per heavy atom. The Morgan fingerprint density at radius 3 is 1.93 bits per heavy atom. The van der Waals surface area contributed by atoms with Crippen molar-refractivity contribution in [3.63, 3.8) is 0 Å². The van der Waals surface area contributed by atoms with Gasteiger partial charge in [-0.2, -0.15) is 0 Å². The molecule has 4 bridgehead atoms. The van der Waals surface area contributed by atoms with Crippen LogP contribution in [0.2, 0.25) is 0 Å². The molecule has 7 aromatic carbocycles. The molecule has 0 fully saturated rings. The molecule has 4 aliphatic rings. The minimum atomic E-state index is -2.48. The normalized spacial score (nSPS) is 13.8. The number of hydrogen-bond acceptors (Lipinski definition) is 2. The van der Waals surface area contributed by atoms with Gasteiger partial charge >= 0.3 is 0 Å². The summed E-state index contributed by atoms with van der Waals surface area (Å²) in [6, 6.07) is 58.8. The quantitative estimate of drug-likeness (QED) is 0.161. The van der Waals surface area contributed by atoms with Crippen LogP contribution < -0.4 is 0 Å². The van der Waals surface area contributed by atoms with Crippen LogP contribution in [-0.4, -0.2) is 14.5 Å². The second-order valence-electron chi connectivity index (χ2n) is 15.2. The van der Waals surface area contributed by atoms with Crippen molar-refractivity contribution in [2.45, 2.75) is 53.2 Å². The van der Waals surface area contributed by atoms with E-state index in [2.05, 4.69) is 120 Å². The number of imidazole rings is 1. The second kappa shape index (κ2) is 18.0. The molecule has 60 heavy (non-hydrogen) atoms. The summed E-state index contributed by atoms with van der Waals surface area (Å²) in [5.41, 5.74) is 15.6. The van der Waals surface area contributed by atoms with Crippen LogP contribution in [0.4, 0.5) is 0 Å². The standard InChI is InChI=1S/C35H30N.C21H17N2.Ir/c1-24-20-31(18-19-32(24)33-22-35(36-23-25(33)2)30-6-4-3-5-7-30)34-21-28-13-12-26-8-10-27(11-9-26)14-16-29(34)17-15-28;1-15-9-8-10-16(2)20(15)23-19-14-7-6-13-18(19)22-21(23)17-11-4-3-5-12-17;/h3-6,8-11,15,17-23H,12-14,16H2,1-2H3;3-11,13-14H,1-2H3;/q2*-1;/i1D3,2D3;;. The number of benzene rings is 7.